The fourth-order valence-corrected chi connectivity index (χ4v) is 1.81. The van der Waals surface area contributed by atoms with Crippen molar-refractivity contribution < 1.29 is 5.11 Å². The number of anilines is 1. The molecule has 1 aromatic carbocycles. The van der Waals surface area contributed by atoms with Crippen LogP contribution in [0.5, 0.6) is 0 Å². The zero-order valence-electron chi connectivity index (χ0n) is 11.8. The fraction of sp³-hybridized carbons (Fsp3) is 0.600. The zero-order valence-corrected chi connectivity index (χ0v) is 11.8. The Morgan fingerprint density at radius 1 is 1.22 bits per heavy atom. The van der Waals surface area contributed by atoms with Gasteiger partial charge in [-0.2, -0.15) is 0 Å². The molecule has 0 bridgehead atoms. The number of benzene rings is 1. The molecule has 0 atom stereocenters. The van der Waals surface area contributed by atoms with Gasteiger partial charge in [0.2, 0.25) is 0 Å². The normalized spacial score (nSPS) is 10.9. The first-order valence-corrected chi connectivity index (χ1v) is 6.75. The zero-order chi connectivity index (χ0) is 13.4. The lowest BCUT2D eigenvalue weighted by molar-refractivity contribution is 0.290. The van der Waals surface area contributed by atoms with E-state index >= 15 is 0 Å². The van der Waals surface area contributed by atoms with Crippen LogP contribution in [0.3, 0.4) is 0 Å². The van der Waals surface area contributed by atoms with E-state index in [-0.39, 0.29) is 6.61 Å². The van der Waals surface area contributed by atoms with E-state index in [2.05, 4.69) is 55.4 Å². The van der Waals surface area contributed by atoms with E-state index in [0.29, 0.717) is 5.92 Å². The van der Waals surface area contributed by atoms with Gasteiger partial charge in [0, 0.05) is 32.4 Å². The smallest absolute Gasteiger partial charge is 0.0447 e. The van der Waals surface area contributed by atoms with Crippen LogP contribution in [0.2, 0.25) is 0 Å². The van der Waals surface area contributed by atoms with Crippen molar-refractivity contribution in [2.75, 3.05) is 31.6 Å². The number of rotatable bonds is 8. The summed E-state index contributed by atoms with van der Waals surface area (Å²) in [6, 6.07) is 8.61. The molecule has 0 aliphatic rings. The van der Waals surface area contributed by atoms with E-state index in [4.69, 9.17) is 5.11 Å². The van der Waals surface area contributed by atoms with Gasteiger partial charge in [-0.05, 0) is 36.6 Å². The van der Waals surface area contributed by atoms with E-state index in [1.807, 2.05) is 0 Å². The minimum atomic E-state index is 0.252. The molecule has 3 nitrogen and oxygen atoms in total. The molecule has 0 saturated carbocycles. The quantitative estimate of drug-likeness (QED) is 0.743. The Hall–Kier alpha value is -1.06. The van der Waals surface area contributed by atoms with Crippen LogP contribution in [0.25, 0.3) is 0 Å². The molecule has 0 amide bonds. The second-order valence-corrected chi connectivity index (χ2v) is 5.19. The highest BCUT2D eigenvalue weighted by Gasteiger charge is 2.00. The second kappa shape index (κ2) is 8.11. The van der Waals surface area contributed by atoms with Gasteiger partial charge in [0.15, 0.2) is 0 Å². The van der Waals surface area contributed by atoms with Crippen molar-refractivity contribution in [1.82, 2.24) is 5.32 Å². The van der Waals surface area contributed by atoms with Gasteiger partial charge >= 0.3 is 0 Å². The van der Waals surface area contributed by atoms with E-state index in [9.17, 15) is 0 Å². The van der Waals surface area contributed by atoms with Crippen LogP contribution in [0.15, 0.2) is 24.3 Å². The Morgan fingerprint density at radius 2 is 1.89 bits per heavy atom. The lowest BCUT2D eigenvalue weighted by Crippen LogP contribution is -2.20. The van der Waals surface area contributed by atoms with E-state index in [0.717, 1.165) is 26.1 Å². The summed E-state index contributed by atoms with van der Waals surface area (Å²) in [5, 5.41) is 12.3. The van der Waals surface area contributed by atoms with Crippen LogP contribution >= 0.6 is 0 Å². The van der Waals surface area contributed by atoms with Gasteiger partial charge in [-0.25, -0.2) is 0 Å². The van der Waals surface area contributed by atoms with Crippen LogP contribution in [-0.2, 0) is 6.54 Å². The van der Waals surface area contributed by atoms with Crippen molar-refractivity contribution in [3.63, 3.8) is 0 Å². The standard InChI is InChI=1S/C15H26N2O/c1-13(2)11-16-12-14-5-7-15(8-6-14)17(3)9-4-10-18/h5-8,13,16,18H,4,9-12H2,1-3H3. The van der Waals surface area contributed by atoms with Crippen molar-refractivity contribution in [1.29, 1.82) is 0 Å². The summed E-state index contributed by atoms with van der Waals surface area (Å²) in [5.74, 6) is 0.689. The highest BCUT2D eigenvalue weighted by atomic mass is 16.3. The predicted octanol–water partition coefficient (Wildman–Crippen LogP) is 2.25. The van der Waals surface area contributed by atoms with Gasteiger partial charge in [0.25, 0.3) is 0 Å². The Kier molecular flexibility index (Phi) is 6.76. The summed E-state index contributed by atoms with van der Waals surface area (Å²) >= 11 is 0. The number of nitrogens with zero attached hydrogens (tertiary/aromatic N) is 1. The third kappa shape index (κ3) is 5.52. The van der Waals surface area contributed by atoms with Gasteiger partial charge in [-0.3, -0.25) is 0 Å². The summed E-state index contributed by atoms with van der Waals surface area (Å²) in [5.41, 5.74) is 2.52. The van der Waals surface area contributed by atoms with Crippen LogP contribution in [0.1, 0.15) is 25.8 Å². The van der Waals surface area contributed by atoms with Gasteiger partial charge < -0.3 is 15.3 Å². The minimum Gasteiger partial charge on any atom is -0.396 e. The average molecular weight is 250 g/mol. The third-order valence-corrected chi connectivity index (χ3v) is 2.91. The van der Waals surface area contributed by atoms with E-state index in [1.54, 1.807) is 0 Å². The molecule has 0 aromatic heterocycles. The predicted molar refractivity (Wildman–Crippen MR) is 78.0 cm³/mol. The van der Waals surface area contributed by atoms with Gasteiger partial charge in [-0.15, -0.1) is 0 Å². The second-order valence-electron chi connectivity index (χ2n) is 5.19. The summed E-state index contributed by atoms with van der Waals surface area (Å²) < 4.78 is 0. The van der Waals surface area contributed by atoms with Crippen molar-refractivity contribution >= 4 is 5.69 Å². The Labute approximate surface area is 111 Å². The highest BCUT2D eigenvalue weighted by Crippen LogP contribution is 2.14. The molecule has 0 heterocycles. The molecule has 0 aliphatic heterocycles. The molecular weight excluding hydrogens is 224 g/mol. The van der Waals surface area contributed by atoms with Gasteiger partial charge in [0.05, 0.1) is 0 Å². The molecule has 0 saturated heterocycles. The number of aliphatic hydroxyl groups excluding tert-OH is 1. The molecule has 0 fully saturated rings. The molecule has 2 N–H and O–H groups in total. The first kappa shape index (κ1) is 15.0. The lowest BCUT2D eigenvalue weighted by atomic mass is 10.1. The number of nitrogens with one attached hydrogen (secondary N) is 1. The van der Waals surface area contributed by atoms with Crippen molar-refractivity contribution in [3.05, 3.63) is 29.8 Å². The largest absolute Gasteiger partial charge is 0.396 e. The number of hydrogen-bond acceptors (Lipinski definition) is 3. The first-order chi connectivity index (χ1) is 8.63. The average Bonchev–Trinajstić information content (AvgIpc) is 2.36. The summed E-state index contributed by atoms with van der Waals surface area (Å²) in [4.78, 5) is 2.17. The van der Waals surface area contributed by atoms with Crippen molar-refractivity contribution in [2.45, 2.75) is 26.8 Å². The third-order valence-electron chi connectivity index (χ3n) is 2.91. The molecule has 102 valence electrons. The van der Waals surface area contributed by atoms with Crippen LogP contribution in [0, 0.1) is 5.92 Å². The molecule has 1 rings (SSSR count). The maximum atomic E-state index is 8.81. The maximum Gasteiger partial charge on any atom is 0.0447 e. The summed E-state index contributed by atoms with van der Waals surface area (Å²) in [6.45, 7) is 7.55. The highest BCUT2D eigenvalue weighted by molar-refractivity contribution is 5.46. The monoisotopic (exact) mass is 250 g/mol. The Morgan fingerprint density at radius 3 is 2.44 bits per heavy atom. The topological polar surface area (TPSA) is 35.5 Å². The molecule has 1 aromatic rings. The first-order valence-electron chi connectivity index (χ1n) is 6.75. The molecule has 0 spiro atoms. The summed E-state index contributed by atoms with van der Waals surface area (Å²) in [7, 11) is 2.06. The molecule has 3 heteroatoms. The van der Waals surface area contributed by atoms with E-state index < -0.39 is 0 Å². The molecule has 18 heavy (non-hydrogen) atoms. The lowest BCUT2D eigenvalue weighted by Gasteiger charge is -2.19. The van der Waals surface area contributed by atoms with Crippen molar-refractivity contribution in [2.24, 2.45) is 5.92 Å². The fourth-order valence-electron chi connectivity index (χ4n) is 1.81. The van der Waals surface area contributed by atoms with Gasteiger partial charge in [-0.1, -0.05) is 26.0 Å². The van der Waals surface area contributed by atoms with E-state index in [1.165, 1.54) is 11.3 Å². The molecule has 0 unspecified atom stereocenters. The number of aliphatic hydroxyl groups is 1. The molecule has 0 radical (unpaired) electrons. The SMILES string of the molecule is CC(C)CNCc1ccc(N(C)CCCO)cc1. The van der Waals surface area contributed by atoms with Gasteiger partial charge in [0.1, 0.15) is 0 Å². The Bertz CT molecular complexity index is 322. The van der Waals surface area contributed by atoms with Crippen molar-refractivity contribution in [3.8, 4) is 0 Å². The van der Waals surface area contributed by atoms with Crippen LogP contribution in [-0.4, -0.2) is 31.9 Å². The molecule has 0 aliphatic carbocycles. The Balaban J connectivity index is 2.41. The molecular formula is C15H26N2O. The minimum absolute atomic E-state index is 0.252. The number of hydrogen-bond donors (Lipinski definition) is 2. The van der Waals surface area contributed by atoms with Crippen LogP contribution in [0.4, 0.5) is 5.69 Å². The van der Waals surface area contributed by atoms with Crippen LogP contribution < -0.4 is 10.2 Å². The maximum absolute atomic E-state index is 8.81. The summed E-state index contributed by atoms with van der Waals surface area (Å²) in [6.07, 6.45) is 0.814.